The van der Waals surface area contributed by atoms with Crippen LogP contribution in [0, 0.1) is 5.82 Å². The lowest BCUT2D eigenvalue weighted by molar-refractivity contribution is -0.135. The first kappa shape index (κ1) is 26.2. The topological polar surface area (TPSA) is 68.3 Å². The standard InChI is InChI=1S/C29H31FN2O5S/c1-35-25-6-2-3-7-26(25)37-19-24-23-13-16-38-27(23)12-14-32(24)28(33)18-31(17-22-5-4-15-36-22)29(34)20-8-10-21(30)11-9-20/h2-3,6-11,13,16,22,24H,4-5,12,14-15,17-19H2,1H3. The van der Waals surface area contributed by atoms with Crippen molar-refractivity contribution in [3.05, 3.63) is 81.8 Å². The first-order chi connectivity index (χ1) is 18.5. The Kier molecular flexibility index (Phi) is 8.24. The molecule has 5 rings (SSSR count). The number of halogens is 1. The van der Waals surface area contributed by atoms with Crippen molar-refractivity contribution in [2.24, 2.45) is 0 Å². The summed E-state index contributed by atoms with van der Waals surface area (Å²) in [4.78, 5) is 31.8. The Morgan fingerprint density at radius 3 is 2.66 bits per heavy atom. The molecule has 2 aromatic carbocycles. The number of rotatable bonds is 9. The second-order valence-corrected chi connectivity index (χ2v) is 10.4. The van der Waals surface area contributed by atoms with Gasteiger partial charge in [-0.2, -0.15) is 0 Å². The third-order valence-electron chi connectivity index (χ3n) is 7.03. The average Bonchev–Trinajstić information content (AvgIpc) is 3.64. The Morgan fingerprint density at radius 1 is 1.13 bits per heavy atom. The highest BCUT2D eigenvalue weighted by Crippen LogP contribution is 2.35. The van der Waals surface area contributed by atoms with Crippen LogP contribution in [0.1, 0.15) is 39.7 Å². The van der Waals surface area contributed by atoms with Crippen LogP contribution in [0.4, 0.5) is 4.39 Å². The molecule has 3 aromatic rings. The van der Waals surface area contributed by atoms with Gasteiger partial charge >= 0.3 is 0 Å². The van der Waals surface area contributed by atoms with Crippen molar-refractivity contribution in [3.8, 4) is 11.5 Å². The molecular weight excluding hydrogens is 507 g/mol. The van der Waals surface area contributed by atoms with Crippen LogP contribution in [0.3, 0.4) is 0 Å². The largest absolute Gasteiger partial charge is 0.493 e. The van der Waals surface area contributed by atoms with Gasteiger partial charge in [-0.25, -0.2) is 4.39 Å². The molecule has 0 saturated carbocycles. The number of thiophene rings is 1. The first-order valence-corrected chi connectivity index (χ1v) is 13.7. The van der Waals surface area contributed by atoms with E-state index in [-0.39, 0.29) is 37.1 Å². The van der Waals surface area contributed by atoms with E-state index >= 15 is 0 Å². The predicted octanol–water partition coefficient (Wildman–Crippen LogP) is 4.72. The van der Waals surface area contributed by atoms with E-state index in [0.717, 1.165) is 24.8 Å². The molecule has 2 aliphatic heterocycles. The molecule has 1 saturated heterocycles. The van der Waals surface area contributed by atoms with Crippen LogP contribution in [-0.4, -0.2) is 67.7 Å². The van der Waals surface area contributed by atoms with Crippen molar-refractivity contribution in [2.75, 3.05) is 40.0 Å². The Labute approximate surface area is 225 Å². The molecule has 7 nitrogen and oxygen atoms in total. The van der Waals surface area contributed by atoms with Crippen LogP contribution in [0.2, 0.25) is 0 Å². The van der Waals surface area contributed by atoms with Gasteiger partial charge in [-0.1, -0.05) is 12.1 Å². The minimum Gasteiger partial charge on any atom is -0.493 e. The van der Waals surface area contributed by atoms with Gasteiger partial charge in [0.2, 0.25) is 5.91 Å². The molecule has 2 unspecified atom stereocenters. The van der Waals surface area contributed by atoms with Gasteiger partial charge in [-0.15, -0.1) is 11.3 Å². The highest BCUT2D eigenvalue weighted by Gasteiger charge is 2.34. The molecule has 1 fully saturated rings. The zero-order valence-electron chi connectivity index (χ0n) is 21.3. The van der Waals surface area contributed by atoms with Gasteiger partial charge < -0.3 is 24.0 Å². The van der Waals surface area contributed by atoms with E-state index in [9.17, 15) is 14.0 Å². The second kappa shape index (κ2) is 12.0. The van der Waals surface area contributed by atoms with Crippen molar-refractivity contribution in [3.63, 3.8) is 0 Å². The molecule has 0 radical (unpaired) electrons. The molecule has 0 spiro atoms. The maximum Gasteiger partial charge on any atom is 0.254 e. The van der Waals surface area contributed by atoms with Crippen molar-refractivity contribution in [1.29, 1.82) is 0 Å². The van der Waals surface area contributed by atoms with Gasteiger partial charge in [0.1, 0.15) is 19.0 Å². The van der Waals surface area contributed by atoms with Crippen LogP contribution < -0.4 is 9.47 Å². The molecule has 2 aliphatic rings. The van der Waals surface area contributed by atoms with Crippen molar-refractivity contribution < 1.29 is 28.2 Å². The number of nitrogens with zero attached hydrogens (tertiary/aromatic N) is 2. The third-order valence-corrected chi connectivity index (χ3v) is 8.03. The number of carbonyl (C=O) groups excluding carboxylic acids is 2. The molecule has 3 heterocycles. The zero-order valence-corrected chi connectivity index (χ0v) is 22.1. The highest BCUT2D eigenvalue weighted by atomic mass is 32.1. The number of fused-ring (bicyclic) bond motifs is 1. The molecular formula is C29H31FN2O5S. The van der Waals surface area contributed by atoms with Crippen LogP contribution in [-0.2, 0) is 16.0 Å². The van der Waals surface area contributed by atoms with Gasteiger partial charge in [0.05, 0.1) is 19.3 Å². The van der Waals surface area contributed by atoms with E-state index in [0.29, 0.717) is 36.8 Å². The molecule has 0 N–H and O–H groups in total. The number of amides is 2. The maximum absolute atomic E-state index is 13.8. The lowest BCUT2D eigenvalue weighted by Gasteiger charge is -2.37. The molecule has 9 heteroatoms. The van der Waals surface area contributed by atoms with Gasteiger partial charge in [-0.3, -0.25) is 9.59 Å². The number of ether oxygens (including phenoxy) is 3. The Hall–Kier alpha value is -3.43. The molecule has 0 aliphatic carbocycles. The van der Waals surface area contributed by atoms with Gasteiger partial charge in [0.25, 0.3) is 5.91 Å². The molecule has 38 heavy (non-hydrogen) atoms. The summed E-state index contributed by atoms with van der Waals surface area (Å²) in [6.45, 7) is 1.65. The minimum absolute atomic E-state index is 0.0965. The van der Waals surface area contributed by atoms with Crippen LogP contribution in [0.5, 0.6) is 11.5 Å². The van der Waals surface area contributed by atoms with E-state index in [2.05, 4.69) is 0 Å². The lowest BCUT2D eigenvalue weighted by Crippen LogP contribution is -2.49. The smallest absolute Gasteiger partial charge is 0.254 e. The summed E-state index contributed by atoms with van der Waals surface area (Å²) in [7, 11) is 1.59. The number of methoxy groups -OCH3 is 1. The number of para-hydroxylation sites is 2. The predicted molar refractivity (Wildman–Crippen MR) is 142 cm³/mol. The normalized spacial score (nSPS) is 18.6. The fourth-order valence-electron chi connectivity index (χ4n) is 5.06. The monoisotopic (exact) mass is 538 g/mol. The van der Waals surface area contributed by atoms with Crippen LogP contribution in [0.25, 0.3) is 0 Å². The minimum atomic E-state index is -0.416. The fraction of sp³-hybridized carbons (Fsp3) is 0.379. The Bertz CT molecular complexity index is 1260. The summed E-state index contributed by atoms with van der Waals surface area (Å²) < 4.78 is 30.8. The molecule has 2 amide bonds. The summed E-state index contributed by atoms with van der Waals surface area (Å²) in [6, 6.07) is 14.6. The van der Waals surface area contributed by atoms with Crippen molar-refractivity contribution in [2.45, 2.75) is 31.4 Å². The van der Waals surface area contributed by atoms with Crippen molar-refractivity contribution >= 4 is 23.2 Å². The number of hydrogen-bond acceptors (Lipinski definition) is 6. The number of carbonyl (C=O) groups is 2. The molecule has 2 atom stereocenters. The lowest BCUT2D eigenvalue weighted by atomic mass is 10.00. The highest BCUT2D eigenvalue weighted by molar-refractivity contribution is 7.10. The zero-order chi connectivity index (χ0) is 26.5. The summed E-state index contributed by atoms with van der Waals surface area (Å²) in [6.07, 6.45) is 2.38. The van der Waals surface area contributed by atoms with E-state index in [1.807, 2.05) is 40.6 Å². The molecule has 200 valence electrons. The number of hydrogen-bond donors (Lipinski definition) is 0. The average molecular weight is 539 g/mol. The Morgan fingerprint density at radius 2 is 1.92 bits per heavy atom. The quantitative estimate of drug-likeness (QED) is 0.394. The van der Waals surface area contributed by atoms with E-state index < -0.39 is 5.82 Å². The number of benzene rings is 2. The fourth-order valence-corrected chi connectivity index (χ4v) is 5.99. The maximum atomic E-state index is 13.8. The Balaban J connectivity index is 1.36. The van der Waals surface area contributed by atoms with Gasteiger partial charge in [0, 0.05) is 30.1 Å². The van der Waals surface area contributed by atoms with Crippen LogP contribution in [0.15, 0.2) is 60.0 Å². The first-order valence-electron chi connectivity index (χ1n) is 12.8. The van der Waals surface area contributed by atoms with Gasteiger partial charge in [-0.05, 0) is 72.7 Å². The van der Waals surface area contributed by atoms with Crippen LogP contribution >= 0.6 is 11.3 Å². The third kappa shape index (κ3) is 5.84. The van der Waals surface area contributed by atoms with Gasteiger partial charge in [0.15, 0.2) is 11.5 Å². The van der Waals surface area contributed by atoms with Crippen molar-refractivity contribution in [1.82, 2.24) is 9.80 Å². The second-order valence-electron chi connectivity index (χ2n) is 9.44. The summed E-state index contributed by atoms with van der Waals surface area (Å²) >= 11 is 1.68. The molecule has 1 aromatic heterocycles. The SMILES string of the molecule is COc1ccccc1OCC1c2ccsc2CCN1C(=O)CN(CC1CCCO1)C(=O)c1ccc(F)cc1. The van der Waals surface area contributed by atoms with E-state index in [1.165, 1.54) is 34.0 Å². The molecule has 0 bridgehead atoms. The van der Waals surface area contributed by atoms with E-state index in [1.54, 1.807) is 18.4 Å². The van der Waals surface area contributed by atoms with E-state index in [4.69, 9.17) is 14.2 Å². The summed E-state index contributed by atoms with van der Waals surface area (Å²) in [5.41, 5.74) is 1.41. The summed E-state index contributed by atoms with van der Waals surface area (Å²) in [5, 5.41) is 2.04. The summed E-state index contributed by atoms with van der Waals surface area (Å²) in [5.74, 6) is 0.338.